The van der Waals surface area contributed by atoms with Gasteiger partial charge in [0.1, 0.15) is 11.6 Å². The lowest BCUT2D eigenvalue weighted by atomic mass is 9.98. The van der Waals surface area contributed by atoms with Crippen molar-refractivity contribution in [1.82, 2.24) is 4.90 Å². The quantitative estimate of drug-likeness (QED) is 0.590. The lowest BCUT2D eigenvalue weighted by Gasteiger charge is -2.31. The van der Waals surface area contributed by atoms with Crippen molar-refractivity contribution in [3.05, 3.63) is 33.8 Å². The molecule has 0 atom stereocenters. The van der Waals surface area contributed by atoms with Crippen LogP contribution < -0.4 is 0 Å². The van der Waals surface area contributed by atoms with E-state index in [0.29, 0.717) is 22.8 Å². The van der Waals surface area contributed by atoms with Crippen molar-refractivity contribution < 1.29 is 8.78 Å². The zero-order valence-corrected chi connectivity index (χ0v) is 12.3. The second-order valence-electron chi connectivity index (χ2n) is 4.70. The van der Waals surface area contributed by atoms with E-state index >= 15 is 0 Å². The number of hydrogen-bond donors (Lipinski definition) is 0. The molecule has 2 rings (SSSR count). The van der Waals surface area contributed by atoms with Crippen LogP contribution in [0.4, 0.5) is 8.78 Å². The summed E-state index contributed by atoms with van der Waals surface area (Å²) < 4.78 is 27.8. The summed E-state index contributed by atoms with van der Waals surface area (Å²) in [4.78, 5) is 2.08. The number of halogens is 4. The highest BCUT2D eigenvalue weighted by atomic mass is 79.9. The van der Waals surface area contributed by atoms with E-state index in [-0.39, 0.29) is 5.56 Å². The molecule has 1 nitrogen and oxygen atoms in total. The molecule has 1 aromatic carbocycles. The third-order valence-corrected chi connectivity index (χ3v) is 4.49. The first-order chi connectivity index (χ1) is 8.61. The Labute approximate surface area is 119 Å². The number of nitrogens with zero attached hydrogens (tertiary/aromatic N) is 1. The van der Waals surface area contributed by atoms with Crippen molar-refractivity contribution in [2.75, 3.05) is 19.0 Å². The smallest absolute Gasteiger partial charge is 0.144 e. The van der Waals surface area contributed by atoms with E-state index < -0.39 is 11.6 Å². The fraction of sp³-hybridized carbons (Fsp3) is 0.538. The molecule has 1 saturated heterocycles. The molecule has 1 heterocycles. The molecule has 0 bridgehead atoms. The Morgan fingerprint density at radius 2 is 1.94 bits per heavy atom. The Bertz CT molecular complexity index is 420. The van der Waals surface area contributed by atoms with Gasteiger partial charge in [-0.25, -0.2) is 8.78 Å². The van der Waals surface area contributed by atoms with Gasteiger partial charge in [0.05, 0.1) is 4.47 Å². The lowest BCUT2D eigenvalue weighted by Crippen LogP contribution is -2.34. The third-order valence-electron chi connectivity index (χ3n) is 3.45. The van der Waals surface area contributed by atoms with Crippen molar-refractivity contribution in [1.29, 1.82) is 0 Å². The number of hydrogen-bond acceptors (Lipinski definition) is 1. The van der Waals surface area contributed by atoms with Gasteiger partial charge in [-0.15, -0.1) is 11.6 Å². The largest absolute Gasteiger partial charge is 0.299 e. The SMILES string of the molecule is Fc1ccc(Br)c(F)c1CN1CCC(CCl)CC1. The number of alkyl halides is 1. The number of benzene rings is 1. The third kappa shape index (κ3) is 3.22. The second-order valence-corrected chi connectivity index (χ2v) is 5.86. The molecule has 0 radical (unpaired) electrons. The molecule has 0 spiro atoms. The summed E-state index contributed by atoms with van der Waals surface area (Å²) in [6, 6.07) is 2.70. The maximum atomic E-state index is 13.8. The van der Waals surface area contributed by atoms with Gasteiger partial charge in [-0.2, -0.15) is 0 Å². The first kappa shape index (κ1) is 14.2. The molecule has 1 aliphatic rings. The maximum absolute atomic E-state index is 13.8. The van der Waals surface area contributed by atoms with Gasteiger partial charge >= 0.3 is 0 Å². The van der Waals surface area contributed by atoms with Crippen molar-refractivity contribution in [2.24, 2.45) is 5.92 Å². The van der Waals surface area contributed by atoms with E-state index in [9.17, 15) is 8.78 Å². The van der Waals surface area contributed by atoms with Gasteiger partial charge in [0, 0.05) is 18.0 Å². The monoisotopic (exact) mass is 337 g/mol. The van der Waals surface area contributed by atoms with Crippen LogP contribution in [0.25, 0.3) is 0 Å². The summed E-state index contributed by atoms with van der Waals surface area (Å²) in [5.41, 5.74) is 0.147. The van der Waals surface area contributed by atoms with Crippen LogP contribution in [0.2, 0.25) is 0 Å². The number of piperidine rings is 1. The van der Waals surface area contributed by atoms with Gasteiger partial charge in [0.2, 0.25) is 0 Å². The van der Waals surface area contributed by atoms with Gasteiger partial charge in [-0.1, -0.05) is 0 Å². The van der Waals surface area contributed by atoms with Crippen LogP contribution in [-0.4, -0.2) is 23.9 Å². The summed E-state index contributed by atoms with van der Waals surface area (Å²) in [5, 5.41) is 0. The minimum absolute atomic E-state index is 0.147. The molecule has 0 N–H and O–H groups in total. The van der Waals surface area contributed by atoms with Crippen LogP contribution in [-0.2, 0) is 6.54 Å². The predicted molar refractivity (Wildman–Crippen MR) is 72.8 cm³/mol. The van der Waals surface area contributed by atoms with Crippen molar-refractivity contribution in [2.45, 2.75) is 19.4 Å². The molecule has 1 fully saturated rings. The molecular formula is C13H15BrClF2N. The molecule has 18 heavy (non-hydrogen) atoms. The van der Waals surface area contributed by atoms with E-state index in [1.807, 2.05) is 0 Å². The van der Waals surface area contributed by atoms with Crippen molar-refractivity contribution in [3.63, 3.8) is 0 Å². The second kappa shape index (κ2) is 6.31. The standard InChI is InChI=1S/C13H15BrClF2N/c14-11-1-2-12(16)10(13(11)17)8-18-5-3-9(7-15)4-6-18/h1-2,9H,3-8H2. The van der Waals surface area contributed by atoms with Crippen LogP contribution in [0.1, 0.15) is 18.4 Å². The molecule has 0 aliphatic carbocycles. The van der Waals surface area contributed by atoms with E-state index in [1.165, 1.54) is 12.1 Å². The highest BCUT2D eigenvalue weighted by Gasteiger charge is 2.21. The van der Waals surface area contributed by atoms with Gasteiger partial charge < -0.3 is 0 Å². The topological polar surface area (TPSA) is 3.24 Å². The molecule has 100 valence electrons. The van der Waals surface area contributed by atoms with E-state index in [0.717, 1.165) is 25.9 Å². The van der Waals surface area contributed by atoms with Crippen molar-refractivity contribution >= 4 is 27.5 Å². The number of likely N-dealkylation sites (tertiary alicyclic amines) is 1. The van der Waals surface area contributed by atoms with Crippen LogP contribution in [0.5, 0.6) is 0 Å². The highest BCUT2D eigenvalue weighted by Crippen LogP contribution is 2.25. The Balaban J connectivity index is 2.04. The summed E-state index contributed by atoms with van der Waals surface area (Å²) in [7, 11) is 0. The Hall–Kier alpha value is -0.190. The highest BCUT2D eigenvalue weighted by molar-refractivity contribution is 9.10. The van der Waals surface area contributed by atoms with E-state index in [1.54, 1.807) is 0 Å². The van der Waals surface area contributed by atoms with Crippen LogP contribution in [0.3, 0.4) is 0 Å². The van der Waals surface area contributed by atoms with Crippen LogP contribution >= 0.6 is 27.5 Å². The summed E-state index contributed by atoms with van der Waals surface area (Å²) in [6.45, 7) is 2.03. The molecule has 0 unspecified atom stereocenters. The lowest BCUT2D eigenvalue weighted by molar-refractivity contribution is 0.182. The fourth-order valence-electron chi connectivity index (χ4n) is 2.24. The summed E-state index contributed by atoms with van der Waals surface area (Å²) in [5.74, 6) is 0.248. The van der Waals surface area contributed by atoms with Crippen molar-refractivity contribution in [3.8, 4) is 0 Å². The Morgan fingerprint density at radius 3 is 2.56 bits per heavy atom. The zero-order chi connectivity index (χ0) is 13.1. The molecule has 0 amide bonds. The first-order valence-electron chi connectivity index (χ1n) is 6.02. The van der Waals surface area contributed by atoms with Gasteiger partial charge in [-0.05, 0) is 59.9 Å². The minimum Gasteiger partial charge on any atom is -0.299 e. The molecule has 5 heteroatoms. The fourth-order valence-corrected chi connectivity index (χ4v) is 2.92. The van der Waals surface area contributed by atoms with Crippen LogP contribution in [0.15, 0.2) is 16.6 Å². The summed E-state index contributed by atoms with van der Waals surface area (Å²) >= 11 is 8.90. The van der Waals surface area contributed by atoms with Gasteiger partial charge in [0.25, 0.3) is 0 Å². The number of rotatable bonds is 3. The Morgan fingerprint density at radius 1 is 1.28 bits per heavy atom. The maximum Gasteiger partial charge on any atom is 0.144 e. The molecule has 1 aromatic rings. The van der Waals surface area contributed by atoms with E-state index in [4.69, 9.17) is 11.6 Å². The molecule has 1 aliphatic heterocycles. The molecule has 0 aromatic heterocycles. The van der Waals surface area contributed by atoms with E-state index in [2.05, 4.69) is 20.8 Å². The zero-order valence-electron chi connectivity index (χ0n) is 9.93. The summed E-state index contributed by atoms with van der Waals surface area (Å²) in [6.07, 6.45) is 2.00. The Kier molecular flexibility index (Phi) is 4.98. The van der Waals surface area contributed by atoms with Gasteiger partial charge in [-0.3, -0.25) is 4.90 Å². The van der Waals surface area contributed by atoms with Crippen LogP contribution in [0, 0.1) is 17.6 Å². The predicted octanol–water partition coefficient (Wildman–Crippen LogP) is 4.18. The van der Waals surface area contributed by atoms with Gasteiger partial charge in [0.15, 0.2) is 0 Å². The molecule has 0 saturated carbocycles. The normalized spacial score (nSPS) is 18.2. The minimum atomic E-state index is -0.491. The average molecular weight is 339 g/mol. The average Bonchev–Trinajstić information content (AvgIpc) is 2.40. The first-order valence-corrected chi connectivity index (χ1v) is 7.35. The molecular weight excluding hydrogens is 324 g/mol.